The van der Waals surface area contributed by atoms with Crippen molar-refractivity contribution in [3.05, 3.63) is 97.1 Å². The minimum atomic E-state index is -3.07. The summed E-state index contributed by atoms with van der Waals surface area (Å²) in [6.07, 6.45) is 1.61. The fourth-order valence-electron chi connectivity index (χ4n) is 4.53. The molecule has 0 saturated heterocycles. The molecule has 35 heavy (non-hydrogen) atoms. The molecule has 0 fully saturated rings. The SMILES string of the molecule is CC(C)(CCCSc1c(Br)c(Cl)cc2c(=O)[nH]c(=O)[nH]c12)[Si](O)(c1ccccc1)c1ccccc1. The van der Waals surface area contributed by atoms with Crippen LogP contribution >= 0.6 is 39.3 Å². The van der Waals surface area contributed by atoms with E-state index in [4.69, 9.17) is 11.6 Å². The Morgan fingerprint density at radius 1 is 1.00 bits per heavy atom. The molecule has 3 aromatic carbocycles. The van der Waals surface area contributed by atoms with Crippen LogP contribution < -0.4 is 21.6 Å². The summed E-state index contributed by atoms with van der Waals surface area (Å²) in [6.45, 7) is 4.29. The van der Waals surface area contributed by atoms with Gasteiger partial charge in [-0.15, -0.1) is 11.8 Å². The topological polar surface area (TPSA) is 86.0 Å². The summed E-state index contributed by atoms with van der Waals surface area (Å²) in [4.78, 5) is 42.2. The van der Waals surface area contributed by atoms with Gasteiger partial charge in [-0.05, 0) is 56.0 Å². The molecular formula is C26H26BrClN2O3SSi. The molecule has 182 valence electrons. The molecule has 1 aromatic heterocycles. The smallest absolute Gasteiger partial charge is 0.326 e. The normalized spacial score (nSPS) is 12.3. The van der Waals surface area contributed by atoms with E-state index in [-0.39, 0.29) is 5.04 Å². The Morgan fingerprint density at radius 2 is 1.57 bits per heavy atom. The van der Waals surface area contributed by atoms with Gasteiger partial charge in [0.05, 0.1) is 20.4 Å². The number of benzene rings is 3. The maximum atomic E-state index is 12.3. The van der Waals surface area contributed by atoms with Crippen LogP contribution in [0, 0.1) is 0 Å². The molecule has 0 radical (unpaired) electrons. The number of halogens is 2. The molecule has 3 N–H and O–H groups in total. The molecule has 0 aliphatic carbocycles. The minimum Gasteiger partial charge on any atom is -0.424 e. The Bertz CT molecular complexity index is 1420. The van der Waals surface area contributed by atoms with E-state index in [0.29, 0.717) is 20.4 Å². The van der Waals surface area contributed by atoms with E-state index < -0.39 is 19.6 Å². The number of nitrogens with one attached hydrogen (secondary N) is 2. The third-order valence-electron chi connectivity index (χ3n) is 6.44. The van der Waals surface area contributed by atoms with Crippen LogP contribution in [0.25, 0.3) is 10.9 Å². The Kier molecular flexibility index (Phi) is 7.78. The zero-order chi connectivity index (χ0) is 25.2. The van der Waals surface area contributed by atoms with Crippen molar-refractivity contribution in [3.8, 4) is 0 Å². The van der Waals surface area contributed by atoms with Gasteiger partial charge < -0.3 is 9.78 Å². The number of fused-ring (bicyclic) bond motifs is 1. The number of rotatable bonds is 8. The molecular weight excluding hydrogens is 564 g/mol. The van der Waals surface area contributed by atoms with E-state index in [0.717, 1.165) is 33.9 Å². The summed E-state index contributed by atoms with van der Waals surface area (Å²) in [5.41, 5.74) is -0.553. The number of hydrogen-bond acceptors (Lipinski definition) is 4. The summed E-state index contributed by atoms with van der Waals surface area (Å²) in [5.74, 6) is 0.723. The predicted molar refractivity (Wildman–Crippen MR) is 152 cm³/mol. The molecule has 5 nitrogen and oxygen atoms in total. The van der Waals surface area contributed by atoms with Gasteiger partial charge in [-0.1, -0.05) is 86.1 Å². The standard InChI is InChI=1S/C26H26BrClN2O3SSi/c1-26(2,35(33,17-10-5-3-6-11-17)18-12-7-4-8-13-18)14-9-15-34-23-21(27)20(28)16-19-22(23)29-25(32)30-24(19)31/h3-8,10-13,16,33H,9,14-15H2,1-2H3,(H2,29,30,31,32). The highest BCUT2D eigenvalue weighted by Crippen LogP contribution is 2.42. The van der Waals surface area contributed by atoms with Crippen molar-refractivity contribution in [1.82, 2.24) is 9.97 Å². The van der Waals surface area contributed by atoms with E-state index in [9.17, 15) is 14.4 Å². The molecule has 0 spiro atoms. The highest BCUT2D eigenvalue weighted by Gasteiger charge is 2.49. The van der Waals surface area contributed by atoms with Crippen LogP contribution in [0.1, 0.15) is 26.7 Å². The van der Waals surface area contributed by atoms with Crippen molar-refractivity contribution in [1.29, 1.82) is 0 Å². The first-order chi connectivity index (χ1) is 16.6. The maximum Gasteiger partial charge on any atom is 0.326 e. The Balaban J connectivity index is 1.59. The number of aromatic nitrogens is 2. The number of thioether (sulfide) groups is 1. The second kappa shape index (κ2) is 10.5. The first kappa shape index (κ1) is 26.0. The molecule has 0 unspecified atom stereocenters. The van der Waals surface area contributed by atoms with Crippen LogP contribution in [0.2, 0.25) is 10.1 Å². The lowest BCUT2D eigenvalue weighted by Gasteiger charge is -2.41. The van der Waals surface area contributed by atoms with E-state index in [2.05, 4.69) is 39.7 Å². The van der Waals surface area contributed by atoms with Gasteiger partial charge in [0.25, 0.3) is 13.9 Å². The summed E-state index contributed by atoms with van der Waals surface area (Å²) in [6, 6.07) is 21.5. The van der Waals surface area contributed by atoms with E-state index in [1.54, 1.807) is 6.07 Å². The fraction of sp³-hybridized carbons (Fsp3) is 0.231. The van der Waals surface area contributed by atoms with Crippen molar-refractivity contribution < 1.29 is 4.80 Å². The summed E-state index contributed by atoms with van der Waals surface area (Å²) in [7, 11) is -3.07. The molecule has 0 aliphatic rings. The lowest BCUT2D eigenvalue weighted by molar-refractivity contribution is 0.464. The van der Waals surface area contributed by atoms with Gasteiger partial charge in [0.15, 0.2) is 0 Å². The Morgan fingerprint density at radius 3 is 2.14 bits per heavy atom. The van der Waals surface area contributed by atoms with Crippen molar-refractivity contribution in [2.45, 2.75) is 36.6 Å². The molecule has 0 aliphatic heterocycles. The molecule has 4 aromatic rings. The van der Waals surface area contributed by atoms with Crippen molar-refractivity contribution in [2.24, 2.45) is 0 Å². The van der Waals surface area contributed by atoms with Crippen LogP contribution in [0.15, 0.2) is 85.7 Å². The Labute approximate surface area is 222 Å². The van der Waals surface area contributed by atoms with Gasteiger partial charge in [-0.25, -0.2) is 4.79 Å². The maximum absolute atomic E-state index is 12.3. The van der Waals surface area contributed by atoms with Gasteiger partial charge in [-0.2, -0.15) is 0 Å². The second-order valence-corrected chi connectivity index (χ2v) is 15.3. The van der Waals surface area contributed by atoms with Gasteiger partial charge in [-0.3, -0.25) is 9.78 Å². The Hall–Kier alpha value is -2.10. The van der Waals surface area contributed by atoms with Crippen LogP contribution in [0.3, 0.4) is 0 Å². The summed E-state index contributed by atoms with van der Waals surface area (Å²) >= 11 is 11.4. The van der Waals surface area contributed by atoms with Gasteiger partial charge in [0.1, 0.15) is 0 Å². The van der Waals surface area contributed by atoms with Crippen molar-refractivity contribution in [2.75, 3.05) is 5.75 Å². The first-order valence-corrected chi connectivity index (χ1v) is 15.4. The fourth-order valence-corrected chi connectivity index (χ4v) is 10.3. The monoisotopic (exact) mass is 588 g/mol. The van der Waals surface area contributed by atoms with Crippen LogP contribution in [-0.2, 0) is 0 Å². The molecule has 4 rings (SSSR count). The minimum absolute atomic E-state index is 0.343. The number of aromatic amines is 2. The molecule has 1 heterocycles. The van der Waals surface area contributed by atoms with Crippen LogP contribution in [0.5, 0.6) is 0 Å². The second-order valence-electron chi connectivity index (χ2n) is 9.11. The van der Waals surface area contributed by atoms with Crippen molar-refractivity contribution >= 4 is 68.9 Å². The zero-order valence-electron chi connectivity index (χ0n) is 19.4. The first-order valence-electron chi connectivity index (χ1n) is 11.3. The summed E-state index contributed by atoms with van der Waals surface area (Å²) in [5, 5.41) is 2.38. The van der Waals surface area contributed by atoms with Crippen LogP contribution in [-0.4, -0.2) is 28.8 Å². The van der Waals surface area contributed by atoms with E-state index >= 15 is 0 Å². The lowest BCUT2D eigenvalue weighted by Crippen LogP contribution is -2.65. The number of H-pyrrole nitrogens is 2. The van der Waals surface area contributed by atoms with Gasteiger partial charge in [0.2, 0.25) is 0 Å². The summed E-state index contributed by atoms with van der Waals surface area (Å²) < 4.78 is 0.650. The largest absolute Gasteiger partial charge is 0.424 e. The quantitative estimate of drug-likeness (QED) is 0.153. The van der Waals surface area contributed by atoms with E-state index in [1.807, 2.05) is 60.7 Å². The lowest BCUT2D eigenvalue weighted by atomic mass is 10.1. The molecule has 0 saturated carbocycles. The van der Waals surface area contributed by atoms with Crippen LogP contribution in [0.4, 0.5) is 0 Å². The van der Waals surface area contributed by atoms with Gasteiger partial charge in [0, 0.05) is 4.90 Å². The average molecular weight is 590 g/mol. The highest BCUT2D eigenvalue weighted by atomic mass is 79.9. The zero-order valence-corrected chi connectivity index (χ0v) is 23.6. The van der Waals surface area contributed by atoms with Gasteiger partial charge >= 0.3 is 5.69 Å². The molecule has 0 amide bonds. The average Bonchev–Trinajstić information content (AvgIpc) is 2.85. The highest BCUT2D eigenvalue weighted by molar-refractivity contribution is 9.10. The third kappa shape index (κ3) is 5.08. The predicted octanol–water partition coefficient (Wildman–Crippen LogP) is 5.04. The molecule has 0 atom stereocenters. The molecule has 9 heteroatoms. The third-order valence-corrected chi connectivity index (χ3v) is 13.8. The van der Waals surface area contributed by atoms with Crippen molar-refractivity contribution in [3.63, 3.8) is 0 Å². The molecule has 0 bridgehead atoms. The number of hydrogen-bond donors (Lipinski definition) is 3. The van der Waals surface area contributed by atoms with E-state index in [1.165, 1.54) is 11.8 Å².